The molecule has 150 valence electrons. The van der Waals surface area contributed by atoms with E-state index >= 15 is 0 Å². The van der Waals surface area contributed by atoms with Crippen molar-refractivity contribution < 1.29 is 14.1 Å². The molecule has 0 bridgehead atoms. The number of carbonyl (C=O) groups excluding carboxylic acids is 2. The quantitative estimate of drug-likeness (QED) is 0.833. The van der Waals surface area contributed by atoms with Gasteiger partial charge in [0.15, 0.2) is 0 Å². The van der Waals surface area contributed by atoms with Gasteiger partial charge in [-0.3, -0.25) is 9.78 Å². The predicted molar refractivity (Wildman–Crippen MR) is 102 cm³/mol. The number of pyridine rings is 1. The van der Waals surface area contributed by atoms with Crippen LogP contribution in [0.15, 0.2) is 29.0 Å². The van der Waals surface area contributed by atoms with E-state index in [1.807, 2.05) is 19.1 Å². The average Bonchev–Trinajstić information content (AvgIpc) is 3.18. The smallest absolute Gasteiger partial charge is 0.317 e. The molecular formula is C19H26N6O3. The lowest BCUT2D eigenvalue weighted by atomic mass is 9.99. The van der Waals surface area contributed by atoms with Crippen molar-refractivity contribution in [3.05, 3.63) is 30.4 Å². The van der Waals surface area contributed by atoms with E-state index in [1.165, 1.54) is 0 Å². The Balaban J connectivity index is 1.70. The molecule has 2 N–H and O–H groups in total. The Bertz CT molecular complexity index is 779. The van der Waals surface area contributed by atoms with E-state index in [4.69, 9.17) is 4.52 Å². The highest BCUT2D eigenvalue weighted by Crippen LogP contribution is 2.26. The van der Waals surface area contributed by atoms with Gasteiger partial charge in [0.1, 0.15) is 0 Å². The number of aromatic nitrogens is 3. The summed E-state index contributed by atoms with van der Waals surface area (Å²) in [5, 5.41) is 9.79. The fourth-order valence-corrected chi connectivity index (χ4v) is 3.22. The molecular weight excluding hydrogens is 360 g/mol. The van der Waals surface area contributed by atoms with E-state index in [-0.39, 0.29) is 17.9 Å². The van der Waals surface area contributed by atoms with Crippen molar-refractivity contribution in [1.82, 2.24) is 30.7 Å². The third-order valence-electron chi connectivity index (χ3n) is 4.73. The van der Waals surface area contributed by atoms with Crippen molar-refractivity contribution in [1.29, 1.82) is 0 Å². The van der Waals surface area contributed by atoms with E-state index in [2.05, 4.69) is 25.8 Å². The van der Waals surface area contributed by atoms with E-state index in [9.17, 15) is 9.59 Å². The molecule has 3 heterocycles. The third kappa shape index (κ3) is 5.28. The zero-order valence-electron chi connectivity index (χ0n) is 16.1. The van der Waals surface area contributed by atoms with E-state index < -0.39 is 0 Å². The number of nitrogens with zero attached hydrogens (tertiary/aromatic N) is 4. The molecule has 28 heavy (non-hydrogen) atoms. The van der Waals surface area contributed by atoms with Gasteiger partial charge in [-0.25, -0.2) is 4.79 Å². The van der Waals surface area contributed by atoms with Crippen LogP contribution in [0.4, 0.5) is 4.79 Å². The third-order valence-corrected chi connectivity index (χ3v) is 4.73. The summed E-state index contributed by atoms with van der Waals surface area (Å²) in [6, 6.07) is 3.57. The monoisotopic (exact) mass is 386 g/mol. The maximum atomic E-state index is 12.2. The summed E-state index contributed by atoms with van der Waals surface area (Å²) in [6.07, 6.45) is 5.98. The maximum absolute atomic E-state index is 12.2. The fraction of sp³-hybridized carbons (Fsp3) is 0.526. The lowest BCUT2D eigenvalue weighted by molar-refractivity contribution is -0.121. The SMILES string of the molecule is CCNC(=O)N1CCCC(c2nc(-c3cccnc3)no2)CCNC(=O)CC1. The number of nitrogens with one attached hydrogen (secondary N) is 2. The Labute approximate surface area is 163 Å². The van der Waals surface area contributed by atoms with Gasteiger partial charge in [0.2, 0.25) is 17.6 Å². The van der Waals surface area contributed by atoms with Crippen LogP contribution in [0.2, 0.25) is 0 Å². The molecule has 2 aromatic rings. The Morgan fingerprint density at radius 2 is 2.29 bits per heavy atom. The number of hydrogen-bond acceptors (Lipinski definition) is 6. The first kappa shape index (κ1) is 19.8. The Morgan fingerprint density at radius 1 is 1.39 bits per heavy atom. The number of hydrogen-bond donors (Lipinski definition) is 2. The first-order chi connectivity index (χ1) is 13.7. The highest BCUT2D eigenvalue weighted by Gasteiger charge is 2.22. The van der Waals surface area contributed by atoms with Gasteiger partial charge in [0, 0.05) is 56.5 Å². The first-order valence-electron chi connectivity index (χ1n) is 9.71. The van der Waals surface area contributed by atoms with Gasteiger partial charge in [0.25, 0.3) is 0 Å². The molecule has 1 aliphatic rings. The number of amides is 3. The highest BCUT2D eigenvalue weighted by atomic mass is 16.5. The molecule has 9 heteroatoms. The predicted octanol–water partition coefficient (Wildman–Crippen LogP) is 1.94. The van der Waals surface area contributed by atoms with Crippen molar-refractivity contribution in [2.45, 2.75) is 38.5 Å². The van der Waals surface area contributed by atoms with Crippen LogP contribution in [-0.4, -0.2) is 58.1 Å². The molecule has 1 aliphatic heterocycles. The second-order valence-electron chi connectivity index (χ2n) is 6.75. The Hall–Kier alpha value is -2.97. The summed E-state index contributed by atoms with van der Waals surface area (Å²) in [5.74, 6) is 1.02. The van der Waals surface area contributed by atoms with Crippen LogP contribution in [0, 0.1) is 0 Å². The molecule has 2 aromatic heterocycles. The lowest BCUT2D eigenvalue weighted by Gasteiger charge is -2.22. The van der Waals surface area contributed by atoms with Gasteiger partial charge in [-0.05, 0) is 38.3 Å². The minimum absolute atomic E-state index is 0.0207. The van der Waals surface area contributed by atoms with Crippen LogP contribution in [-0.2, 0) is 4.79 Å². The maximum Gasteiger partial charge on any atom is 0.317 e. The fourth-order valence-electron chi connectivity index (χ4n) is 3.22. The van der Waals surface area contributed by atoms with Crippen LogP contribution in [0.1, 0.15) is 44.4 Å². The van der Waals surface area contributed by atoms with Gasteiger partial charge in [0.05, 0.1) is 0 Å². The molecule has 1 saturated heterocycles. The normalized spacial score (nSPS) is 18.8. The minimum atomic E-state index is -0.136. The van der Waals surface area contributed by atoms with Crippen molar-refractivity contribution in [2.24, 2.45) is 0 Å². The van der Waals surface area contributed by atoms with Crippen molar-refractivity contribution in [2.75, 3.05) is 26.2 Å². The van der Waals surface area contributed by atoms with Crippen molar-refractivity contribution >= 4 is 11.9 Å². The lowest BCUT2D eigenvalue weighted by Crippen LogP contribution is -2.42. The van der Waals surface area contributed by atoms with Crippen molar-refractivity contribution in [3.63, 3.8) is 0 Å². The summed E-state index contributed by atoms with van der Waals surface area (Å²) >= 11 is 0. The summed E-state index contributed by atoms with van der Waals surface area (Å²) in [6.45, 7) is 3.97. The molecule has 1 unspecified atom stereocenters. The van der Waals surface area contributed by atoms with Gasteiger partial charge >= 0.3 is 6.03 Å². The average molecular weight is 386 g/mol. The number of carbonyl (C=O) groups is 2. The van der Waals surface area contributed by atoms with Gasteiger partial charge in [-0.2, -0.15) is 4.98 Å². The Kier molecular flexibility index (Phi) is 6.94. The van der Waals surface area contributed by atoms with Crippen LogP contribution >= 0.6 is 0 Å². The summed E-state index contributed by atoms with van der Waals surface area (Å²) in [7, 11) is 0. The van der Waals surface area contributed by atoms with E-state index in [0.29, 0.717) is 50.7 Å². The summed E-state index contributed by atoms with van der Waals surface area (Å²) in [5.41, 5.74) is 0.796. The van der Waals surface area contributed by atoms with Crippen molar-refractivity contribution in [3.8, 4) is 11.4 Å². The van der Waals surface area contributed by atoms with Crippen LogP contribution in [0.3, 0.4) is 0 Å². The zero-order valence-corrected chi connectivity index (χ0v) is 16.1. The summed E-state index contributed by atoms with van der Waals surface area (Å²) in [4.78, 5) is 34.6. The molecule has 0 spiro atoms. The molecule has 0 aliphatic carbocycles. The molecule has 9 nitrogen and oxygen atoms in total. The topological polar surface area (TPSA) is 113 Å². The molecule has 0 radical (unpaired) electrons. The number of rotatable bonds is 3. The van der Waals surface area contributed by atoms with Crippen LogP contribution in [0.5, 0.6) is 0 Å². The van der Waals surface area contributed by atoms with Gasteiger partial charge in [-0.1, -0.05) is 5.16 Å². The molecule has 3 rings (SSSR count). The van der Waals surface area contributed by atoms with E-state index in [1.54, 1.807) is 17.3 Å². The van der Waals surface area contributed by atoms with E-state index in [0.717, 1.165) is 18.4 Å². The second kappa shape index (κ2) is 9.82. The largest absolute Gasteiger partial charge is 0.356 e. The molecule has 1 atom stereocenters. The standard InChI is InChI=1S/C19H26N6O3/c1-2-21-19(27)25-11-4-6-14(7-10-22-16(26)8-12-25)18-23-17(24-28-18)15-5-3-9-20-13-15/h3,5,9,13-14H,2,4,6-8,10-12H2,1H3,(H,21,27)(H,22,26). The molecule has 1 fully saturated rings. The Morgan fingerprint density at radius 3 is 3.07 bits per heavy atom. The van der Waals surface area contributed by atoms with Crippen LogP contribution < -0.4 is 10.6 Å². The minimum Gasteiger partial charge on any atom is -0.356 e. The first-order valence-corrected chi connectivity index (χ1v) is 9.71. The highest BCUT2D eigenvalue weighted by molar-refractivity contribution is 5.78. The number of urea groups is 1. The summed E-state index contributed by atoms with van der Waals surface area (Å²) < 4.78 is 5.50. The van der Waals surface area contributed by atoms with Gasteiger partial charge in [-0.15, -0.1) is 0 Å². The second-order valence-corrected chi connectivity index (χ2v) is 6.75. The molecule has 3 amide bonds. The van der Waals surface area contributed by atoms with Gasteiger partial charge < -0.3 is 20.1 Å². The molecule has 0 saturated carbocycles. The zero-order chi connectivity index (χ0) is 19.8. The molecule has 0 aromatic carbocycles. The van der Waals surface area contributed by atoms with Crippen LogP contribution in [0.25, 0.3) is 11.4 Å².